The number of ether oxygens (including phenoxy) is 1. The molecule has 0 aliphatic carbocycles. The van der Waals surface area contributed by atoms with E-state index in [1.54, 1.807) is 0 Å². The Morgan fingerprint density at radius 2 is 1.88 bits per heavy atom. The van der Waals surface area contributed by atoms with Gasteiger partial charge in [-0.2, -0.15) is 15.1 Å². The van der Waals surface area contributed by atoms with Gasteiger partial charge in [-0.05, 0) is 0 Å². The number of hydrogen-bond donors (Lipinski definition) is 9. The van der Waals surface area contributed by atoms with Crippen LogP contribution in [0, 0.1) is 0 Å². The van der Waals surface area contributed by atoms with Crippen LogP contribution < -0.4 is 10.7 Å². The smallest absolute Gasteiger partial charge is 0.250 e. The predicted octanol–water partition coefficient (Wildman–Crippen LogP) is -5.12. The first-order valence-electron chi connectivity index (χ1n) is 9.84. The van der Waals surface area contributed by atoms with E-state index in [9.17, 15) is 35.7 Å². The Bertz CT molecular complexity index is 976. The molecular weight excluding hydrogens is 446 g/mol. The van der Waals surface area contributed by atoms with Gasteiger partial charge in [0.25, 0.3) is 0 Å². The molecule has 0 bridgehead atoms. The third-order valence-corrected chi connectivity index (χ3v) is 5.19. The van der Waals surface area contributed by atoms with E-state index >= 15 is 0 Å². The topological polar surface area (TPSA) is 256 Å². The van der Waals surface area contributed by atoms with Crippen molar-refractivity contribution in [3.63, 3.8) is 0 Å². The molecule has 0 spiro atoms. The van der Waals surface area contributed by atoms with Crippen molar-refractivity contribution in [2.75, 3.05) is 31.0 Å². The Hall–Kier alpha value is -2.54. The van der Waals surface area contributed by atoms with Gasteiger partial charge in [-0.25, -0.2) is 9.99 Å². The zero-order valence-electron chi connectivity index (χ0n) is 17.4. The van der Waals surface area contributed by atoms with Gasteiger partial charge in [0.1, 0.15) is 48.2 Å². The largest absolute Gasteiger partial charge is 0.394 e. The predicted molar refractivity (Wildman–Crippen MR) is 111 cm³/mol. The molecule has 1 saturated heterocycles. The second kappa shape index (κ2) is 10.2. The number of aliphatic hydroxyl groups excluding tert-OH is 8. The van der Waals surface area contributed by atoms with Crippen LogP contribution in [0.15, 0.2) is 11.4 Å². The molecule has 0 amide bonds. The molecule has 16 heteroatoms. The van der Waals surface area contributed by atoms with Crippen molar-refractivity contribution >= 4 is 29.1 Å². The summed E-state index contributed by atoms with van der Waals surface area (Å²) in [6.45, 7) is -1.34. The van der Waals surface area contributed by atoms with Crippen LogP contribution in [0.3, 0.4) is 0 Å². The summed E-state index contributed by atoms with van der Waals surface area (Å²) >= 11 is 0. The summed E-state index contributed by atoms with van der Waals surface area (Å²) in [5.74, 6) is -0.132. The summed E-state index contributed by atoms with van der Waals surface area (Å²) in [7, 11) is 1.39. The van der Waals surface area contributed by atoms with Crippen LogP contribution in [0.4, 0.5) is 11.8 Å². The number of rotatable bonds is 9. The molecule has 3 rings (SSSR count). The Morgan fingerprint density at radius 1 is 1.18 bits per heavy atom. The first-order chi connectivity index (χ1) is 15.6. The summed E-state index contributed by atoms with van der Waals surface area (Å²) in [6, 6.07) is 0. The number of fused-ring (bicyclic) bond motifs is 1. The number of aliphatic hydroxyl groups is 8. The number of hydrazone groups is 1. The minimum atomic E-state index is -1.84. The fourth-order valence-electron chi connectivity index (χ4n) is 3.21. The maximum absolute atomic E-state index is 10.3. The highest BCUT2D eigenvalue weighted by Crippen LogP contribution is 2.32. The van der Waals surface area contributed by atoms with Gasteiger partial charge in [0.05, 0.1) is 25.8 Å². The summed E-state index contributed by atoms with van der Waals surface area (Å²) in [6.07, 6.45) is -9.76. The molecule has 0 saturated carbocycles. The molecule has 1 aliphatic rings. The van der Waals surface area contributed by atoms with E-state index in [0.29, 0.717) is 0 Å². The average molecular weight is 473 g/mol. The summed E-state index contributed by atoms with van der Waals surface area (Å²) < 4.78 is 6.80. The van der Waals surface area contributed by atoms with E-state index < -0.39 is 62.2 Å². The minimum absolute atomic E-state index is 0.0513. The van der Waals surface area contributed by atoms with E-state index in [1.165, 1.54) is 17.9 Å². The number of anilines is 2. The normalized spacial score (nSPS) is 27.2. The quantitative estimate of drug-likeness (QED) is 0.122. The molecule has 10 N–H and O–H groups in total. The first kappa shape index (κ1) is 25.1. The maximum Gasteiger partial charge on any atom is 0.250 e. The molecule has 8 atom stereocenters. The highest BCUT2D eigenvalue weighted by Gasteiger charge is 2.44. The lowest BCUT2D eigenvalue weighted by Crippen LogP contribution is -2.46. The van der Waals surface area contributed by atoms with E-state index in [-0.39, 0.29) is 22.9 Å². The number of aromatic nitrogens is 4. The molecule has 0 radical (unpaired) electrons. The third kappa shape index (κ3) is 4.88. The number of nitrogens with two attached hydrogens (primary N) is 1. The fraction of sp³-hybridized carbons (Fsp3) is 0.647. The van der Waals surface area contributed by atoms with Crippen LogP contribution in [0.2, 0.25) is 0 Å². The van der Waals surface area contributed by atoms with Crippen molar-refractivity contribution in [2.24, 2.45) is 5.10 Å². The lowest BCUT2D eigenvalue weighted by molar-refractivity contribution is -0.0999. The molecule has 184 valence electrons. The van der Waals surface area contributed by atoms with Crippen LogP contribution in [-0.2, 0) is 4.74 Å². The number of hydrogen-bond acceptors (Lipinski definition) is 15. The van der Waals surface area contributed by atoms with Crippen molar-refractivity contribution in [2.45, 2.75) is 49.0 Å². The molecule has 33 heavy (non-hydrogen) atoms. The first-order valence-corrected chi connectivity index (χ1v) is 9.84. The number of nitrogens with zero attached hydrogens (tertiary/aromatic N) is 6. The number of nitrogen functional groups attached to an aromatic ring is 1. The molecule has 3 heterocycles. The van der Waals surface area contributed by atoms with Crippen molar-refractivity contribution in [3.8, 4) is 0 Å². The molecule has 0 aromatic carbocycles. The Labute approximate surface area is 186 Å². The highest BCUT2D eigenvalue weighted by molar-refractivity contribution is 5.83. The minimum Gasteiger partial charge on any atom is -0.394 e. The zero-order chi connectivity index (χ0) is 24.4. The molecule has 2 aromatic heterocycles. The Morgan fingerprint density at radius 3 is 2.48 bits per heavy atom. The van der Waals surface area contributed by atoms with Crippen LogP contribution in [0.25, 0.3) is 11.2 Å². The van der Waals surface area contributed by atoms with Gasteiger partial charge in [-0.1, -0.05) is 0 Å². The lowest BCUT2D eigenvalue weighted by Gasteiger charge is -2.23. The van der Waals surface area contributed by atoms with E-state index in [2.05, 4.69) is 20.1 Å². The van der Waals surface area contributed by atoms with Gasteiger partial charge in [-0.15, -0.1) is 0 Å². The van der Waals surface area contributed by atoms with E-state index in [4.69, 9.17) is 15.6 Å². The Kier molecular flexibility index (Phi) is 7.73. The van der Waals surface area contributed by atoms with Crippen molar-refractivity contribution < 1.29 is 45.6 Å². The standard InChI is InChI=1S/C17H27N7O9/c1-23(20-2-6(27)10(29)11(30)7(28)3-25)17-21-14(18)9-15(22-17)24(5-19-9)16-13(32)12(31)8(4-26)33-16/h2,5-8,10-13,16,25-32H,3-4H2,1H3,(H2,18,21,22)/b20-2+/t6-,7-,8+,10-,11-,12+,13+,16+/m0/s1. The van der Waals surface area contributed by atoms with Gasteiger partial charge < -0.3 is 51.3 Å². The van der Waals surface area contributed by atoms with Crippen LogP contribution >= 0.6 is 0 Å². The van der Waals surface area contributed by atoms with Gasteiger partial charge in [0.15, 0.2) is 17.7 Å². The SMILES string of the molecule is CN(/N=C/[C@H](O)[C@H](O)[C@@H](O)[C@@H](O)CO)c1nc(N)c2ncn([C@@H]3O[C@H](CO)[C@@H](O)[C@H]3O)c2n1. The van der Waals surface area contributed by atoms with Crippen LogP contribution in [-0.4, -0.2) is 130 Å². The molecule has 1 fully saturated rings. The molecule has 1 aliphatic heterocycles. The second-order valence-corrected chi connectivity index (χ2v) is 7.47. The highest BCUT2D eigenvalue weighted by atomic mass is 16.6. The van der Waals surface area contributed by atoms with Crippen molar-refractivity contribution in [3.05, 3.63) is 6.33 Å². The van der Waals surface area contributed by atoms with Crippen LogP contribution in [0.1, 0.15) is 6.23 Å². The average Bonchev–Trinajstić information content (AvgIpc) is 3.36. The van der Waals surface area contributed by atoms with Gasteiger partial charge in [-0.3, -0.25) is 4.57 Å². The van der Waals surface area contributed by atoms with E-state index in [1.807, 2.05) is 0 Å². The summed E-state index contributed by atoms with van der Waals surface area (Å²) in [5.41, 5.74) is 6.24. The van der Waals surface area contributed by atoms with Crippen molar-refractivity contribution in [1.29, 1.82) is 0 Å². The third-order valence-electron chi connectivity index (χ3n) is 5.19. The molecular formula is C17H27N7O9. The number of imidazole rings is 1. The van der Waals surface area contributed by atoms with E-state index in [0.717, 1.165) is 11.2 Å². The van der Waals surface area contributed by atoms with Crippen molar-refractivity contribution in [1.82, 2.24) is 19.5 Å². The second-order valence-electron chi connectivity index (χ2n) is 7.47. The fourth-order valence-corrected chi connectivity index (χ4v) is 3.21. The molecule has 0 unspecified atom stereocenters. The van der Waals surface area contributed by atoms with Gasteiger partial charge >= 0.3 is 0 Å². The molecule has 16 nitrogen and oxygen atoms in total. The maximum atomic E-state index is 10.3. The van der Waals surface area contributed by atoms with Gasteiger partial charge in [0, 0.05) is 7.05 Å². The monoisotopic (exact) mass is 473 g/mol. The lowest BCUT2D eigenvalue weighted by atomic mass is 10.0. The zero-order valence-corrected chi connectivity index (χ0v) is 17.4. The molecule has 2 aromatic rings. The Balaban J connectivity index is 1.84. The summed E-state index contributed by atoms with van der Waals surface area (Å²) in [4.78, 5) is 12.4. The summed E-state index contributed by atoms with van der Waals surface area (Å²) in [5, 5.41) is 82.2. The van der Waals surface area contributed by atoms with Crippen LogP contribution in [0.5, 0.6) is 0 Å². The van der Waals surface area contributed by atoms with Gasteiger partial charge in [0.2, 0.25) is 5.95 Å².